The predicted octanol–water partition coefficient (Wildman–Crippen LogP) is 4.35. The van der Waals surface area contributed by atoms with Crippen molar-refractivity contribution in [3.8, 4) is 11.3 Å². The fourth-order valence-corrected chi connectivity index (χ4v) is 2.82. The number of alkyl halides is 2. The summed E-state index contributed by atoms with van der Waals surface area (Å²) >= 11 is 0. The molecule has 0 aliphatic rings. The highest BCUT2D eigenvalue weighted by molar-refractivity contribution is 6.06. The first-order chi connectivity index (χ1) is 11.1. The van der Waals surface area contributed by atoms with Crippen molar-refractivity contribution in [3.05, 3.63) is 54.6 Å². The molecule has 0 aliphatic heterocycles. The van der Waals surface area contributed by atoms with Crippen molar-refractivity contribution in [1.29, 1.82) is 0 Å². The normalized spacial score (nSPS) is 11.7. The molecule has 114 valence electrons. The SMILES string of the molecule is Cc1cc(-c2ccc3c4cnccc4n(C(F)F)c3n2)ccn1. The second kappa shape index (κ2) is 5.08. The van der Waals surface area contributed by atoms with Crippen molar-refractivity contribution < 1.29 is 8.78 Å². The maximum Gasteiger partial charge on any atom is 0.320 e. The molecule has 0 aromatic carbocycles. The number of rotatable bonds is 2. The standard InChI is InChI=1S/C17H12F2N4/c1-10-8-11(4-7-21-10)14-3-2-12-13-9-20-6-5-15(13)23(17(18)19)16(12)22-14/h2-9,17H,1H3. The van der Waals surface area contributed by atoms with Gasteiger partial charge in [0.2, 0.25) is 0 Å². The summed E-state index contributed by atoms with van der Waals surface area (Å²) in [7, 11) is 0. The average Bonchev–Trinajstić information content (AvgIpc) is 2.88. The second-order valence-electron chi connectivity index (χ2n) is 5.29. The molecule has 0 saturated carbocycles. The van der Waals surface area contributed by atoms with E-state index in [0.29, 0.717) is 22.0 Å². The molecule has 0 aliphatic carbocycles. The molecule has 4 rings (SSSR count). The minimum atomic E-state index is -2.67. The van der Waals surface area contributed by atoms with Crippen LogP contribution >= 0.6 is 0 Å². The average molecular weight is 310 g/mol. The van der Waals surface area contributed by atoms with Crippen LogP contribution in [0.25, 0.3) is 33.2 Å². The minimum Gasteiger partial charge on any atom is -0.268 e. The summed E-state index contributed by atoms with van der Waals surface area (Å²) in [5.41, 5.74) is 3.03. The van der Waals surface area contributed by atoms with Crippen molar-refractivity contribution in [2.24, 2.45) is 0 Å². The summed E-state index contributed by atoms with van der Waals surface area (Å²) in [5.74, 6) is 0. The molecule has 0 N–H and O–H groups in total. The summed E-state index contributed by atoms with van der Waals surface area (Å²) in [6, 6.07) is 8.93. The molecule has 0 amide bonds. The Morgan fingerprint density at radius 3 is 2.70 bits per heavy atom. The number of hydrogen-bond acceptors (Lipinski definition) is 3. The second-order valence-corrected chi connectivity index (χ2v) is 5.29. The zero-order valence-electron chi connectivity index (χ0n) is 12.2. The van der Waals surface area contributed by atoms with E-state index in [2.05, 4.69) is 15.0 Å². The zero-order chi connectivity index (χ0) is 16.0. The van der Waals surface area contributed by atoms with Crippen LogP contribution in [0, 0.1) is 6.92 Å². The van der Waals surface area contributed by atoms with Gasteiger partial charge < -0.3 is 0 Å². The number of aryl methyl sites for hydroxylation is 1. The molecule has 0 unspecified atom stereocenters. The Morgan fingerprint density at radius 1 is 1.04 bits per heavy atom. The molecule has 4 nitrogen and oxygen atoms in total. The van der Waals surface area contributed by atoms with E-state index < -0.39 is 6.55 Å². The van der Waals surface area contributed by atoms with Gasteiger partial charge in [0.05, 0.1) is 11.2 Å². The topological polar surface area (TPSA) is 43.6 Å². The maximum absolute atomic E-state index is 13.6. The van der Waals surface area contributed by atoms with Gasteiger partial charge in [-0.05, 0) is 37.3 Å². The molecular weight excluding hydrogens is 298 g/mol. The molecule has 4 heterocycles. The fraction of sp³-hybridized carbons (Fsp3) is 0.118. The van der Waals surface area contributed by atoms with Gasteiger partial charge in [-0.3, -0.25) is 14.5 Å². The van der Waals surface area contributed by atoms with Crippen LogP contribution in [0.1, 0.15) is 12.2 Å². The van der Waals surface area contributed by atoms with Gasteiger partial charge in [0.15, 0.2) is 0 Å². The number of fused-ring (bicyclic) bond motifs is 3. The highest BCUT2D eigenvalue weighted by Crippen LogP contribution is 2.32. The van der Waals surface area contributed by atoms with E-state index in [-0.39, 0.29) is 5.65 Å². The van der Waals surface area contributed by atoms with E-state index in [0.717, 1.165) is 15.8 Å². The number of pyridine rings is 3. The summed E-state index contributed by atoms with van der Waals surface area (Å²) in [6.45, 7) is -0.788. The van der Waals surface area contributed by atoms with E-state index in [1.54, 1.807) is 18.5 Å². The smallest absolute Gasteiger partial charge is 0.268 e. The van der Waals surface area contributed by atoms with Crippen LogP contribution in [0.4, 0.5) is 8.78 Å². The molecule has 4 aromatic heterocycles. The number of aromatic nitrogens is 4. The molecule has 23 heavy (non-hydrogen) atoms. The van der Waals surface area contributed by atoms with E-state index in [1.165, 1.54) is 6.20 Å². The zero-order valence-corrected chi connectivity index (χ0v) is 12.2. The van der Waals surface area contributed by atoms with Gasteiger partial charge in [-0.2, -0.15) is 8.78 Å². The molecule has 0 bridgehead atoms. The lowest BCUT2D eigenvalue weighted by atomic mass is 10.1. The maximum atomic E-state index is 13.6. The Bertz CT molecular complexity index is 1020. The first-order valence-electron chi connectivity index (χ1n) is 7.11. The highest BCUT2D eigenvalue weighted by atomic mass is 19.3. The van der Waals surface area contributed by atoms with Crippen LogP contribution in [-0.2, 0) is 0 Å². The summed E-state index contributed by atoms with van der Waals surface area (Å²) in [5, 5.41) is 1.34. The highest BCUT2D eigenvalue weighted by Gasteiger charge is 2.18. The molecular formula is C17H12F2N4. The lowest BCUT2D eigenvalue weighted by Gasteiger charge is -2.06. The van der Waals surface area contributed by atoms with E-state index in [1.807, 2.05) is 31.2 Å². The van der Waals surface area contributed by atoms with E-state index in [4.69, 9.17) is 0 Å². The third-order valence-corrected chi connectivity index (χ3v) is 3.84. The van der Waals surface area contributed by atoms with Crippen molar-refractivity contribution in [3.63, 3.8) is 0 Å². The quantitative estimate of drug-likeness (QED) is 0.553. The Balaban J connectivity index is 2.05. The molecule has 6 heteroatoms. The third kappa shape index (κ3) is 2.14. The van der Waals surface area contributed by atoms with Crippen LogP contribution < -0.4 is 0 Å². The fourth-order valence-electron chi connectivity index (χ4n) is 2.82. The first-order valence-corrected chi connectivity index (χ1v) is 7.11. The van der Waals surface area contributed by atoms with Gasteiger partial charge in [0.25, 0.3) is 0 Å². The van der Waals surface area contributed by atoms with Crippen LogP contribution in [0.3, 0.4) is 0 Å². The van der Waals surface area contributed by atoms with Crippen LogP contribution in [0.5, 0.6) is 0 Å². The Kier molecular flexibility index (Phi) is 3.04. The first kappa shape index (κ1) is 13.8. The lowest BCUT2D eigenvalue weighted by Crippen LogP contribution is -1.99. The van der Waals surface area contributed by atoms with Gasteiger partial charge >= 0.3 is 6.55 Å². The Hall–Kier alpha value is -2.89. The Labute approximate surface area is 130 Å². The van der Waals surface area contributed by atoms with E-state index in [9.17, 15) is 8.78 Å². The number of nitrogens with zero attached hydrogens (tertiary/aromatic N) is 4. The molecule has 4 aromatic rings. The van der Waals surface area contributed by atoms with Crippen LogP contribution in [0.2, 0.25) is 0 Å². The third-order valence-electron chi connectivity index (χ3n) is 3.84. The largest absolute Gasteiger partial charge is 0.320 e. The van der Waals surface area contributed by atoms with Gasteiger partial charge in [0, 0.05) is 40.6 Å². The van der Waals surface area contributed by atoms with Crippen molar-refractivity contribution in [2.75, 3.05) is 0 Å². The van der Waals surface area contributed by atoms with Crippen LogP contribution in [0.15, 0.2) is 48.9 Å². The van der Waals surface area contributed by atoms with Crippen molar-refractivity contribution in [1.82, 2.24) is 19.5 Å². The summed E-state index contributed by atoms with van der Waals surface area (Å²) < 4.78 is 28.1. The van der Waals surface area contributed by atoms with Gasteiger partial charge in [-0.15, -0.1) is 0 Å². The van der Waals surface area contributed by atoms with Crippen molar-refractivity contribution in [2.45, 2.75) is 13.5 Å². The Morgan fingerprint density at radius 2 is 1.91 bits per heavy atom. The molecule has 0 saturated heterocycles. The predicted molar refractivity (Wildman–Crippen MR) is 84.3 cm³/mol. The van der Waals surface area contributed by atoms with Gasteiger partial charge in [-0.25, -0.2) is 4.98 Å². The summed E-state index contributed by atoms with van der Waals surface area (Å²) in [6.07, 6.45) is 4.78. The molecule has 0 fully saturated rings. The van der Waals surface area contributed by atoms with Crippen molar-refractivity contribution >= 4 is 21.9 Å². The molecule has 0 atom stereocenters. The monoisotopic (exact) mass is 310 g/mol. The lowest BCUT2D eigenvalue weighted by molar-refractivity contribution is 0.0791. The molecule has 0 spiro atoms. The number of hydrogen-bond donors (Lipinski definition) is 0. The number of halogens is 2. The van der Waals surface area contributed by atoms with Crippen LogP contribution in [-0.4, -0.2) is 19.5 Å². The molecule has 0 radical (unpaired) electrons. The minimum absolute atomic E-state index is 0.259. The van der Waals surface area contributed by atoms with Gasteiger partial charge in [-0.1, -0.05) is 0 Å². The van der Waals surface area contributed by atoms with Gasteiger partial charge in [0.1, 0.15) is 5.65 Å². The van der Waals surface area contributed by atoms with E-state index >= 15 is 0 Å². The summed E-state index contributed by atoms with van der Waals surface area (Å²) in [4.78, 5) is 12.7.